The number of aliphatic carboxylic acids is 2. The van der Waals surface area contributed by atoms with Crippen LogP contribution in [-0.4, -0.2) is 40.8 Å². The van der Waals surface area contributed by atoms with E-state index in [-0.39, 0.29) is 12.8 Å². The summed E-state index contributed by atoms with van der Waals surface area (Å²) in [7, 11) is 0. The van der Waals surface area contributed by atoms with E-state index in [0.717, 1.165) is 0 Å². The summed E-state index contributed by atoms with van der Waals surface area (Å²) in [5.41, 5.74) is 5.03. The second-order valence-corrected chi connectivity index (χ2v) is 2.52. The van der Waals surface area contributed by atoms with Crippen molar-refractivity contribution in [2.24, 2.45) is 5.73 Å². The molecule has 0 aromatic heterocycles. The predicted molar refractivity (Wildman–Crippen MR) is 43.4 cm³/mol. The first-order valence-electron chi connectivity index (χ1n) is 3.79. The van der Waals surface area contributed by atoms with Crippen LogP contribution in [0.2, 0.25) is 0 Å². The summed E-state index contributed by atoms with van der Waals surface area (Å²) in [6.45, 7) is -0.451. The molecular weight excluding hydrogens is 194 g/mol. The zero-order valence-electron chi connectivity index (χ0n) is 7.30. The summed E-state index contributed by atoms with van der Waals surface area (Å²) >= 11 is 0. The first-order valence-corrected chi connectivity index (χ1v) is 3.79. The maximum absolute atomic E-state index is 10.7. The monoisotopic (exact) mass is 205 g/mol. The maximum atomic E-state index is 10.7. The Morgan fingerprint density at radius 3 is 2.21 bits per heavy atom. The summed E-state index contributed by atoms with van der Waals surface area (Å²) in [5, 5.41) is 16.5. The Kier molecular flexibility index (Phi) is 5.23. The van der Waals surface area contributed by atoms with Crippen molar-refractivity contribution < 1.29 is 29.3 Å². The number of carbonyl (C=O) groups is 3. The molecule has 4 N–H and O–H groups in total. The van der Waals surface area contributed by atoms with Crippen molar-refractivity contribution in [1.29, 1.82) is 0 Å². The fourth-order valence-corrected chi connectivity index (χ4v) is 0.535. The van der Waals surface area contributed by atoms with Crippen molar-refractivity contribution in [3.05, 3.63) is 0 Å². The van der Waals surface area contributed by atoms with E-state index in [1.807, 2.05) is 0 Å². The number of hydrogen-bond donors (Lipinski definition) is 3. The van der Waals surface area contributed by atoms with Gasteiger partial charge in [-0.05, 0) is 0 Å². The molecule has 14 heavy (non-hydrogen) atoms. The van der Waals surface area contributed by atoms with Crippen LogP contribution in [0.4, 0.5) is 0 Å². The van der Waals surface area contributed by atoms with Gasteiger partial charge < -0.3 is 20.7 Å². The molecule has 0 aromatic rings. The van der Waals surface area contributed by atoms with Gasteiger partial charge in [0, 0.05) is 0 Å². The zero-order valence-corrected chi connectivity index (χ0v) is 7.30. The second-order valence-electron chi connectivity index (χ2n) is 2.52. The maximum Gasteiger partial charge on any atom is 0.324 e. The number of nitrogens with two attached hydrogens (primary N) is 1. The number of esters is 1. The van der Waals surface area contributed by atoms with Gasteiger partial charge in [-0.15, -0.1) is 0 Å². The first kappa shape index (κ1) is 12.4. The van der Waals surface area contributed by atoms with Crippen LogP contribution in [0.5, 0.6) is 0 Å². The average molecular weight is 205 g/mol. The van der Waals surface area contributed by atoms with Crippen LogP contribution >= 0.6 is 0 Å². The molecule has 0 bridgehead atoms. The molecule has 0 radical (unpaired) electrons. The van der Waals surface area contributed by atoms with Gasteiger partial charge in [0.05, 0.1) is 12.8 Å². The topological polar surface area (TPSA) is 127 Å². The number of carbonyl (C=O) groups excluding carboxylic acids is 1. The smallest absolute Gasteiger partial charge is 0.324 e. The third-order valence-corrected chi connectivity index (χ3v) is 1.28. The summed E-state index contributed by atoms with van der Waals surface area (Å²) < 4.78 is 4.41. The second kappa shape index (κ2) is 5.92. The van der Waals surface area contributed by atoms with E-state index in [1.165, 1.54) is 0 Å². The van der Waals surface area contributed by atoms with Crippen molar-refractivity contribution in [3.63, 3.8) is 0 Å². The average Bonchev–Trinajstić information content (AvgIpc) is 2.10. The van der Waals surface area contributed by atoms with Crippen molar-refractivity contribution in [1.82, 2.24) is 0 Å². The van der Waals surface area contributed by atoms with Crippen molar-refractivity contribution in [3.8, 4) is 0 Å². The summed E-state index contributed by atoms with van der Waals surface area (Å²) in [5.74, 6) is -3.18. The molecule has 0 fully saturated rings. The Morgan fingerprint density at radius 1 is 1.21 bits per heavy atom. The SMILES string of the molecule is N[C@@H](COC(=O)CCC(=O)O)C(=O)O. The van der Waals surface area contributed by atoms with Crippen LogP contribution in [0.15, 0.2) is 0 Å². The highest BCUT2D eigenvalue weighted by molar-refractivity contribution is 5.77. The van der Waals surface area contributed by atoms with E-state index in [2.05, 4.69) is 4.74 Å². The molecule has 0 heterocycles. The van der Waals surface area contributed by atoms with Gasteiger partial charge >= 0.3 is 17.9 Å². The lowest BCUT2D eigenvalue weighted by Crippen LogP contribution is -2.35. The normalized spacial score (nSPS) is 11.8. The van der Waals surface area contributed by atoms with Crippen LogP contribution in [0.25, 0.3) is 0 Å². The van der Waals surface area contributed by atoms with Crippen LogP contribution in [0.3, 0.4) is 0 Å². The third-order valence-electron chi connectivity index (χ3n) is 1.28. The molecule has 0 spiro atoms. The van der Waals surface area contributed by atoms with Crippen LogP contribution < -0.4 is 5.73 Å². The lowest BCUT2D eigenvalue weighted by Gasteiger charge is -2.06. The summed E-state index contributed by atoms with van der Waals surface area (Å²) in [4.78, 5) is 30.9. The van der Waals surface area contributed by atoms with Gasteiger partial charge in [-0.3, -0.25) is 14.4 Å². The minimum atomic E-state index is -1.28. The predicted octanol–water partition coefficient (Wildman–Crippen LogP) is -1.19. The minimum Gasteiger partial charge on any atom is -0.481 e. The fourth-order valence-electron chi connectivity index (χ4n) is 0.535. The van der Waals surface area contributed by atoms with Crippen molar-refractivity contribution in [2.45, 2.75) is 18.9 Å². The van der Waals surface area contributed by atoms with E-state index in [9.17, 15) is 14.4 Å². The molecule has 0 unspecified atom stereocenters. The Balaban J connectivity index is 3.64. The molecule has 0 rings (SSSR count). The van der Waals surface area contributed by atoms with Gasteiger partial charge in [-0.25, -0.2) is 0 Å². The highest BCUT2D eigenvalue weighted by Gasteiger charge is 2.14. The molecular formula is C7H11NO6. The molecule has 1 atom stereocenters. The van der Waals surface area contributed by atoms with Gasteiger partial charge in [0.1, 0.15) is 12.6 Å². The number of hydrogen-bond acceptors (Lipinski definition) is 5. The highest BCUT2D eigenvalue weighted by atomic mass is 16.5. The van der Waals surface area contributed by atoms with E-state index < -0.39 is 30.6 Å². The van der Waals surface area contributed by atoms with E-state index >= 15 is 0 Å². The van der Waals surface area contributed by atoms with Gasteiger partial charge in [0.15, 0.2) is 0 Å². The Hall–Kier alpha value is -1.63. The van der Waals surface area contributed by atoms with Gasteiger partial charge in [-0.2, -0.15) is 0 Å². The molecule has 0 aliphatic rings. The van der Waals surface area contributed by atoms with Crippen LogP contribution in [-0.2, 0) is 19.1 Å². The Bertz CT molecular complexity index is 238. The van der Waals surface area contributed by atoms with E-state index in [1.54, 1.807) is 0 Å². The fraction of sp³-hybridized carbons (Fsp3) is 0.571. The standard InChI is InChI=1S/C7H11NO6/c8-4(7(12)13)3-14-6(11)2-1-5(9)10/h4H,1-3,8H2,(H,9,10)(H,12,13)/t4-/m0/s1. The minimum absolute atomic E-state index is 0.290. The molecule has 0 amide bonds. The van der Waals surface area contributed by atoms with Crippen LogP contribution in [0.1, 0.15) is 12.8 Å². The first-order chi connectivity index (χ1) is 6.43. The van der Waals surface area contributed by atoms with E-state index in [0.29, 0.717) is 0 Å². The van der Waals surface area contributed by atoms with Crippen molar-refractivity contribution >= 4 is 17.9 Å². The Labute approximate surface area is 79.5 Å². The highest BCUT2D eigenvalue weighted by Crippen LogP contribution is 1.93. The third kappa shape index (κ3) is 5.95. The molecule has 7 nitrogen and oxygen atoms in total. The quantitative estimate of drug-likeness (QED) is 0.465. The number of carboxylic acid groups (broad SMARTS) is 2. The molecule has 0 aromatic carbocycles. The van der Waals surface area contributed by atoms with E-state index in [4.69, 9.17) is 15.9 Å². The van der Waals surface area contributed by atoms with Crippen LogP contribution in [0, 0.1) is 0 Å². The largest absolute Gasteiger partial charge is 0.481 e. The lowest BCUT2D eigenvalue weighted by molar-refractivity contribution is -0.150. The molecule has 0 aliphatic carbocycles. The molecule has 80 valence electrons. The number of rotatable bonds is 6. The number of ether oxygens (including phenoxy) is 1. The molecule has 0 saturated heterocycles. The summed E-state index contributed by atoms with van der Waals surface area (Å²) in [6, 6.07) is -1.27. The number of carboxylic acids is 2. The van der Waals surface area contributed by atoms with Gasteiger partial charge in [0.25, 0.3) is 0 Å². The molecule has 0 aliphatic heterocycles. The van der Waals surface area contributed by atoms with Crippen molar-refractivity contribution in [2.75, 3.05) is 6.61 Å². The lowest BCUT2D eigenvalue weighted by atomic mass is 10.3. The molecule has 0 saturated carbocycles. The van der Waals surface area contributed by atoms with Gasteiger partial charge in [0.2, 0.25) is 0 Å². The van der Waals surface area contributed by atoms with Gasteiger partial charge in [-0.1, -0.05) is 0 Å². The molecule has 7 heteroatoms. The summed E-state index contributed by atoms with van der Waals surface area (Å²) in [6.07, 6.45) is -0.636. The Morgan fingerprint density at radius 2 is 1.79 bits per heavy atom. The zero-order chi connectivity index (χ0) is 11.1.